The Morgan fingerprint density at radius 3 is 2.74 bits per heavy atom. The van der Waals surface area contributed by atoms with E-state index >= 15 is 0 Å². The highest BCUT2D eigenvalue weighted by molar-refractivity contribution is 5.68. The number of fused-ring (bicyclic) bond motifs is 2. The topological polar surface area (TPSA) is 55.8 Å². The van der Waals surface area contributed by atoms with E-state index in [4.69, 9.17) is 14.6 Å². The smallest absolute Gasteiger partial charge is 0.416 e. The van der Waals surface area contributed by atoms with E-state index in [1.807, 2.05) is 0 Å². The number of halogens is 3. The first-order chi connectivity index (χ1) is 12.8. The number of aliphatic carboxylic acids is 1. The Bertz CT molecular complexity index is 891. The van der Waals surface area contributed by atoms with E-state index in [0.29, 0.717) is 36.5 Å². The molecule has 4 nitrogen and oxygen atoms in total. The minimum absolute atomic E-state index is 0.0105. The first-order valence-electron chi connectivity index (χ1n) is 8.66. The number of hydrogen-bond donors (Lipinski definition) is 1. The van der Waals surface area contributed by atoms with E-state index in [-0.39, 0.29) is 12.3 Å². The van der Waals surface area contributed by atoms with Crippen LogP contribution in [0.3, 0.4) is 0 Å². The average molecular weight is 378 g/mol. The molecule has 0 saturated carbocycles. The van der Waals surface area contributed by atoms with Gasteiger partial charge in [0, 0.05) is 17.5 Å². The predicted molar refractivity (Wildman–Crippen MR) is 90.1 cm³/mol. The lowest BCUT2D eigenvalue weighted by molar-refractivity contribution is -0.138. The van der Waals surface area contributed by atoms with Crippen molar-refractivity contribution in [2.45, 2.75) is 37.5 Å². The van der Waals surface area contributed by atoms with Crippen LogP contribution in [-0.4, -0.2) is 17.7 Å². The monoisotopic (exact) mass is 378 g/mol. The normalized spacial score (nSPS) is 20.7. The standard InChI is InChI=1S/C20H17F3O4/c21-20(22,23)13-3-1-11-2-6-17(16(11)8-13)27-14-4-5-15-12(7-19(24)25)10-26-18(15)9-14/h1,3-5,8-9,12,17H,2,6-7,10H2,(H,24,25)/t12-,17-/m1/s1. The third kappa shape index (κ3) is 3.46. The second kappa shape index (κ2) is 6.48. The van der Waals surface area contributed by atoms with Crippen LogP contribution in [0.2, 0.25) is 0 Å². The Labute approximate surface area is 153 Å². The summed E-state index contributed by atoms with van der Waals surface area (Å²) in [7, 11) is 0. The van der Waals surface area contributed by atoms with E-state index in [0.717, 1.165) is 17.2 Å². The van der Waals surface area contributed by atoms with Gasteiger partial charge in [-0.2, -0.15) is 13.2 Å². The molecule has 0 bridgehead atoms. The molecule has 1 aliphatic carbocycles. The zero-order valence-corrected chi connectivity index (χ0v) is 14.3. The maximum atomic E-state index is 13.0. The summed E-state index contributed by atoms with van der Waals surface area (Å²) >= 11 is 0. The van der Waals surface area contributed by atoms with Crippen LogP contribution in [0.5, 0.6) is 11.5 Å². The fraction of sp³-hybridized carbons (Fsp3) is 0.350. The van der Waals surface area contributed by atoms with E-state index in [1.165, 1.54) is 12.1 Å². The average Bonchev–Trinajstić information content (AvgIpc) is 3.18. The van der Waals surface area contributed by atoms with Crippen molar-refractivity contribution in [3.05, 3.63) is 58.7 Å². The van der Waals surface area contributed by atoms with Crippen molar-refractivity contribution in [2.24, 2.45) is 0 Å². The third-order valence-corrected chi connectivity index (χ3v) is 5.06. The molecule has 2 aromatic carbocycles. The van der Waals surface area contributed by atoms with Gasteiger partial charge in [0.25, 0.3) is 0 Å². The number of alkyl halides is 3. The molecule has 7 heteroatoms. The number of carboxylic acid groups (broad SMARTS) is 1. The van der Waals surface area contributed by atoms with Crippen LogP contribution in [0.25, 0.3) is 0 Å². The fourth-order valence-electron chi connectivity index (χ4n) is 3.74. The zero-order chi connectivity index (χ0) is 19.2. The zero-order valence-electron chi connectivity index (χ0n) is 14.3. The summed E-state index contributed by atoms with van der Waals surface area (Å²) in [5.74, 6) is -0.0195. The number of benzene rings is 2. The van der Waals surface area contributed by atoms with Crippen molar-refractivity contribution in [3.8, 4) is 11.5 Å². The van der Waals surface area contributed by atoms with Crippen LogP contribution in [0, 0.1) is 0 Å². The van der Waals surface area contributed by atoms with Gasteiger partial charge in [-0.25, -0.2) is 0 Å². The molecule has 0 aromatic heterocycles. The summed E-state index contributed by atoms with van der Waals surface area (Å²) in [6.45, 7) is 0.298. The molecule has 1 heterocycles. The van der Waals surface area contributed by atoms with Gasteiger partial charge in [0.15, 0.2) is 0 Å². The fourth-order valence-corrected chi connectivity index (χ4v) is 3.74. The quantitative estimate of drug-likeness (QED) is 0.836. The van der Waals surface area contributed by atoms with Crippen molar-refractivity contribution in [1.29, 1.82) is 0 Å². The molecule has 1 N–H and O–H groups in total. The first kappa shape index (κ1) is 17.7. The molecule has 4 rings (SSSR count). The van der Waals surface area contributed by atoms with E-state index < -0.39 is 23.8 Å². The third-order valence-electron chi connectivity index (χ3n) is 5.06. The Hall–Kier alpha value is -2.70. The highest BCUT2D eigenvalue weighted by atomic mass is 19.4. The summed E-state index contributed by atoms with van der Waals surface area (Å²) < 4.78 is 50.5. The second-order valence-electron chi connectivity index (χ2n) is 6.86. The highest BCUT2D eigenvalue weighted by Gasteiger charge is 2.34. The molecule has 0 spiro atoms. The van der Waals surface area contributed by atoms with Crippen LogP contribution in [0.4, 0.5) is 13.2 Å². The molecule has 0 radical (unpaired) electrons. The molecule has 0 unspecified atom stereocenters. The van der Waals surface area contributed by atoms with Gasteiger partial charge in [0.05, 0.1) is 18.6 Å². The number of ether oxygens (including phenoxy) is 2. The summed E-state index contributed by atoms with van der Waals surface area (Å²) in [6, 6.07) is 8.96. The molecule has 142 valence electrons. The summed E-state index contributed by atoms with van der Waals surface area (Å²) in [6.07, 6.45) is -3.57. The molecule has 27 heavy (non-hydrogen) atoms. The second-order valence-corrected chi connectivity index (χ2v) is 6.86. The van der Waals surface area contributed by atoms with Gasteiger partial charge in [-0.05, 0) is 42.2 Å². The van der Waals surface area contributed by atoms with Crippen molar-refractivity contribution in [1.82, 2.24) is 0 Å². The van der Waals surface area contributed by atoms with E-state index in [2.05, 4.69) is 0 Å². The Morgan fingerprint density at radius 2 is 2.00 bits per heavy atom. The molecule has 1 aliphatic heterocycles. The lowest BCUT2D eigenvalue weighted by Crippen LogP contribution is -2.08. The van der Waals surface area contributed by atoms with Gasteiger partial charge in [-0.3, -0.25) is 4.79 Å². The lowest BCUT2D eigenvalue weighted by Gasteiger charge is -2.17. The molecule has 2 aliphatic rings. The first-order valence-corrected chi connectivity index (χ1v) is 8.66. The Balaban J connectivity index is 1.55. The van der Waals surface area contributed by atoms with Crippen molar-refractivity contribution in [2.75, 3.05) is 6.61 Å². The highest BCUT2D eigenvalue weighted by Crippen LogP contribution is 2.42. The van der Waals surface area contributed by atoms with Crippen LogP contribution >= 0.6 is 0 Å². The molecular weight excluding hydrogens is 361 g/mol. The summed E-state index contributed by atoms with van der Waals surface area (Å²) in [5, 5.41) is 8.96. The van der Waals surface area contributed by atoms with Gasteiger partial charge in [0.2, 0.25) is 0 Å². The van der Waals surface area contributed by atoms with Gasteiger partial charge < -0.3 is 14.6 Å². The summed E-state index contributed by atoms with van der Waals surface area (Å²) in [4.78, 5) is 10.9. The minimum atomic E-state index is -4.39. The Morgan fingerprint density at radius 1 is 1.19 bits per heavy atom. The van der Waals surface area contributed by atoms with Crippen LogP contribution < -0.4 is 9.47 Å². The van der Waals surface area contributed by atoms with Crippen molar-refractivity contribution < 1.29 is 32.5 Å². The maximum absolute atomic E-state index is 13.0. The molecule has 0 fully saturated rings. The Kier molecular flexibility index (Phi) is 4.25. The predicted octanol–water partition coefficient (Wildman–Crippen LogP) is 4.72. The largest absolute Gasteiger partial charge is 0.492 e. The van der Waals surface area contributed by atoms with Gasteiger partial charge in [-0.1, -0.05) is 12.1 Å². The van der Waals surface area contributed by atoms with Crippen LogP contribution in [-0.2, 0) is 17.4 Å². The molecule has 2 aromatic rings. The van der Waals surface area contributed by atoms with Gasteiger partial charge >= 0.3 is 12.1 Å². The number of rotatable bonds is 4. The van der Waals surface area contributed by atoms with Gasteiger partial charge in [0.1, 0.15) is 17.6 Å². The number of carbonyl (C=O) groups is 1. The minimum Gasteiger partial charge on any atom is -0.492 e. The van der Waals surface area contributed by atoms with Gasteiger partial charge in [-0.15, -0.1) is 0 Å². The van der Waals surface area contributed by atoms with E-state index in [9.17, 15) is 18.0 Å². The van der Waals surface area contributed by atoms with Crippen LogP contribution in [0.15, 0.2) is 36.4 Å². The number of aryl methyl sites for hydroxylation is 1. The van der Waals surface area contributed by atoms with Crippen molar-refractivity contribution >= 4 is 5.97 Å². The van der Waals surface area contributed by atoms with Crippen LogP contribution in [0.1, 0.15) is 47.1 Å². The lowest BCUT2D eigenvalue weighted by atomic mass is 9.98. The van der Waals surface area contributed by atoms with Crippen molar-refractivity contribution in [3.63, 3.8) is 0 Å². The molecule has 2 atom stereocenters. The molecule has 0 saturated heterocycles. The van der Waals surface area contributed by atoms with E-state index in [1.54, 1.807) is 18.2 Å². The number of hydrogen-bond acceptors (Lipinski definition) is 3. The molecule has 0 amide bonds. The summed E-state index contributed by atoms with van der Waals surface area (Å²) in [5.41, 5.74) is 1.57. The maximum Gasteiger partial charge on any atom is 0.416 e. The SMILES string of the molecule is O=C(O)C[C@@H]1COc2cc(O[C@@H]3CCc4ccc(C(F)(F)F)cc43)ccc21. The molecular formula is C20H17F3O4. The number of carboxylic acids is 1.